The summed E-state index contributed by atoms with van der Waals surface area (Å²) in [6.07, 6.45) is 4.22. The zero-order chi connectivity index (χ0) is 29.7. The minimum absolute atomic E-state index is 0.160. The second-order valence-corrected chi connectivity index (χ2v) is 8.16. The summed E-state index contributed by atoms with van der Waals surface area (Å²) in [6, 6.07) is 3.32. The molecular formula is C23H41N5O10. The standard InChI is InChI=1S/C9H11NO3.C6H14N2O2.C5H9NO2.C3H7NO3/c10-8(9(12)13)5-6-1-3-7(11)4-2-6;7-4-2-1-3-5(8)6(9)10;7-5(8)4-2-1-3-6-4;4-2(1-5)3(6)7/h1-4,8,11H,5,10H2,(H,12,13);5H,1-4,7-8H2,(H,9,10);4,6H,1-3H2,(H,7,8);2,5H,1,4H2,(H,6,7)/t8-;5-;4-;2-/m0000/s1. The van der Waals surface area contributed by atoms with E-state index in [1.54, 1.807) is 12.1 Å². The SMILES string of the molecule is NCCCC[C@H](N)C(=O)O.N[C@@H](CO)C(=O)O.N[C@@H](Cc1ccc(O)cc1)C(=O)O.O=C(O)[C@@H]1CCCN1. The lowest BCUT2D eigenvalue weighted by Gasteiger charge is -2.05. The van der Waals surface area contributed by atoms with Gasteiger partial charge in [-0.1, -0.05) is 18.6 Å². The fraction of sp³-hybridized carbons (Fsp3) is 0.565. The fourth-order valence-corrected chi connectivity index (χ4v) is 2.58. The maximum atomic E-state index is 10.4. The molecule has 1 aliphatic heterocycles. The Hall–Kier alpha value is -3.34. The molecule has 218 valence electrons. The van der Waals surface area contributed by atoms with Crippen LogP contribution in [0, 0.1) is 0 Å². The van der Waals surface area contributed by atoms with Crippen LogP contribution in [0.15, 0.2) is 24.3 Å². The van der Waals surface area contributed by atoms with E-state index in [0.717, 1.165) is 37.8 Å². The molecule has 1 aromatic carbocycles. The Labute approximate surface area is 220 Å². The molecule has 4 atom stereocenters. The number of hydrogen-bond acceptors (Lipinski definition) is 11. The van der Waals surface area contributed by atoms with E-state index in [0.29, 0.717) is 13.0 Å². The zero-order valence-electron chi connectivity index (χ0n) is 21.1. The van der Waals surface area contributed by atoms with Gasteiger partial charge in [-0.05, 0) is 62.9 Å². The Kier molecular flexibility index (Phi) is 21.0. The van der Waals surface area contributed by atoms with Gasteiger partial charge in [-0.2, -0.15) is 0 Å². The molecule has 0 aromatic heterocycles. The molecule has 38 heavy (non-hydrogen) atoms. The summed E-state index contributed by atoms with van der Waals surface area (Å²) >= 11 is 0. The van der Waals surface area contributed by atoms with E-state index < -0.39 is 48.6 Å². The number of aliphatic hydroxyl groups is 1. The van der Waals surface area contributed by atoms with Gasteiger partial charge in [0.1, 0.15) is 29.9 Å². The van der Waals surface area contributed by atoms with Crippen molar-refractivity contribution in [2.75, 3.05) is 19.7 Å². The summed E-state index contributed by atoms with van der Waals surface area (Å²) in [6.45, 7) is 0.957. The maximum Gasteiger partial charge on any atom is 0.322 e. The fourth-order valence-electron chi connectivity index (χ4n) is 2.58. The quantitative estimate of drug-likeness (QED) is 0.135. The summed E-state index contributed by atoms with van der Waals surface area (Å²) < 4.78 is 0. The molecule has 1 fully saturated rings. The number of nitrogens with one attached hydrogen (secondary N) is 1. The van der Waals surface area contributed by atoms with Crippen molar-refractivity contribution < 1.29 is 49.8 Å². The van der Waals surface area contributed by atoms with Crippen LogP contribution in [0.2, 0.25) is 0 Å². The first-order valence-electron chi connectivity index (χ1n) is 11.8. The largest absolute Gasteiger partial charge is 0.508 e. The first-order chi connectivity index (χ1) is 17.8. The number of carboxylic acid groups (broad SMARTS) is 4. The molecule has 15 nitrogen and oxygen atoms in total. The van der Waals surface area contributed by atoms with Gasteiger partial charge in [0.25, 0.3) is 0 Å². The molecule has 15 heteroatoms. The zero-order valence-corrected chi connectivity index (χ0v) is 21.1. The summed E-state index contributed by atoms with van der Waals surface area (Å²) in [4.78, 5) is 40.3. The summed E-state index contributed by atoms with van der Waals surface area (Å²) in [7, 11) is 0. The van der Waals surface area contributed by atoms with Crippen LogP contribution < -0.4 is 28.3 Å². The lowest BCUT2D eigenvalue weighted by Crippen LogP contribution is -2.33. The number of aliphatic hydroxyl groups excluding tert-OH is 1. The van der Waals surface area contributed by atoms with Crippen molar-refractivity contribution in [3.05, 3.63) is 29.8 Å². The molecule has 1 heterocycles. The van der Waals surface area contributed by atoms with Crippen LogP contribution in [0.5, 0.6) is 5.75 Å². The smallest absolute Gasteiger partial charge is 0.322 e. The van der Waals surface area contributed by atoms with E-state index >= 15 is 0 Å². The van der Waals surface area contributed by atoms with Gasteiger partial charge < -0.3 is 58.9 Å². The Balaban J connectivity index is 0. The number of aliphatic carboxylic acids is 4. The van der Waals surface area contributed by atoms with Gasteiger partial charge in [-0.15, -0.1) is 0 Å². The average molecular weight is 548 g/mol. The normalized spacial score (nSPS) is 16.1. The Morgan fingerprint density at radius 3 is 1.71 bits per heavy atom. The highest BCUT2D eigenvalue weighted by molar-refractivity contribution is 5.74. The Morgan fingerprint density at radius 2 is 1.39 bits per heavy atom. The van der Waals surface area contributed by atoms with E-state index in [2.05, 4.69) is 5.32 Å². The van der Waals surface area contributed by atoms with Crippen LogP contribution in [0.3, 0.4) is 0 Å². The number of unbranched alkanes of at least 4 members (excludes halogenated alkanes) is 1. The number of aromatic hydroxyl groups is 1. The van der Waals surface area contributed by atoms with E-state index in [1.165, 1.54) is 12.1 Å². The van der Waals surface area contributed by atoms with Crippen LogP contribution in [0.1, 0.15) is 37.7 Å². The molecule has 0 spiro atoms. The number of phenolic OH excluding ortho intramolecular Hbond substituents is 1. The van der Waals surface area contributed by atoms with Crippen molar-refractivity contribution in [3.63, 3.8) is 0 Å². The maximum absolute atomic E-state index is 10.4. The molecule has 1 aromatic rings. The predicted molar refractivity (Wildman–Crippen MR) is 137 cm³/mol. The van der Waals surface area contributed by atoms with Crippen LogP contribution in [-0.4, -0.2) is 98.4 Å². The van der Waals surface area contributed by atoms with Crippen molar-refractivity contribution >= 4 is 23.9 Å². The summed E-state index contributed by atoms with van der Waals surface area (Å²) in [5.74, 6) is -3.69. The number of benzene rings is 1. The van der Waals surface area contributed by atoms with E-state index in [-0.39, 0.29) is 18.2 Å². The third kappa shape index (κ3) is 19.8. The number of hydrogen-bond donors (Lipinski definition) is 11. The number of rotatable bonds is 11. The van der Waals surface area contributed by atoms with E-state index in [4.69, 9.17) is 53.6 Å². The third-order valence-electron chi connectivity index (χ3n) is 4.87. The van der Waals surface area contributed by atoms with Crippen molar-refractivity contribution in [2.24, 2.45) is 22.9 Å². The molecule has 2 rings (SSSR count). The van der Waals surface area contributed by atoms with Gasteiger partial charge in [0.05, 0.1) is 6.61 Å². The van der Waals surface area contributed by atoms with E-state index in [9.17, 15) is 19.2 Å². The molecule has 0 bridgehead atoms. The molecule has 0 radical (unpaired) electrons. The van der Waals surface area contributed by atoms with Crippen molar-refractivity contribution in [1.82, 2.24) is 5.32 Å². The monoisotopic (exact) mass is 547 g/mol. The second kappa shape index (κ2) is 21.7. The first-order valence-corrected chi connectivity index (χ1v) is 11.8. The minimum atomic E-state index is -1.18. The highest BCUT2D eigenvalue weighted by Crippen LogP contribution is 2.10. The summed E-state index contributed by atoms with van der Waals surface area (Å²) in [5, 5.41) is 52.9. The number of carboxylic acids is 4. The van der Waals surface area contributed by atoms with E-state index in [1.807, 2.05) is 0 Å². The summed E-state index contributed by atoms with van der Waals surface area (Å²) in [5.41, 5.74) is 21.3. The predicted octanol–water partition coefficient (Wildman–Crippen LogP) is -1.91. The highest BCUT2D eigenvalue weighted by atomic mass is 16.4. The van der Waals surface area contributed by atoms with Gasteiger partial charge in [0.2, 0.25) is 0 Å². The lowest BCUT2D eigenvalue weighted by molar-refractivity contribution is -0.140. The molecule has 0 aliphatic carbocycles. The molecule has 1 saturated heterocycles. The molecule has 0 amide bonds. The van der Waals surface area contributed by atoms with Crippen LogP contribution in [0.4, 0.5) is 0 Å². The minimum Gasteiger partial charge on any atom is -0.508 e. The third-order valence-corrected chi connectivity index (χ3v) is 4.87. The molecule has 0 saturated carbocycles. The number of phenols is 1. The highest BCUT2D eigenvalue weighted by Gasteiger charge is 2.20. The first kappa shape index (κ1) is 36.8. The van der Waals surface area contributed by atoms with Crippen molar-refractivity contribution in [2.45, 2.75) is 62.7 Å². The molecule has 1 aliphatic rings. The van der Waals surface area contributed by atoms with Gasteiger partial charge >= 0.3 is 23.9 Å². The molecule has 15 N–H and O–H groups in total. The Morgan fingerprint density at radius 1 is 0.868 bits per heavy atom. The van der Waals surface area contributed by atoms with Crippen LogP contribution >= 0.6 is 0 Å². The van der Waals surface area contributed by atoms with Gasteiger partial charge in [0.15, 0.2) is 0 Å². The lowest BCUT2D eigenvalue weighted by atomic mass is 10.1. The van der Waals surface area contributed by atoms with Gasteiger partial charge in [-0.25, -0.2) is 0 Å². The number of carbonyl (C=O) groups is 4. The van der Waals surface area contributed by atoms with Crippen molar-refractivity contribution in [1.29, 1.82) is 0 Å². The van der Waals surface area contributed by atoms with Crippen LogP contribution in [-0.2, 0) is 25.6 Å². The average Bonchev–Trinajstić information content (AvgIpc) is 3.41. The second-order valence-electron chi connectivity index (χ2n) is 8.16. The molecule has 0 unspecified atom stereocenters. The van der Waals surface area contributed by atoms with Crippen LogP contribution in [0.25, 0.3) is 0 Å². The number of nitrogens with two attached hydrogens (primary N) is 4. The molecular weight excluding hydrogens is 506 g/mol. The Bertz CT molecular complexity index is 819. The topological polar surface area (TPSA) is 306 Å². The van der Waals surface area contributed by atoms with Gasteiger partial charge in [-0.3, -0.25) is 19.2 Å². The van der Waals surface area contributed by atoms with Crippen molar-refractivity contribution in [3.8, 4) is 5.75 Å². The van der Waals surface area contributed by atoms with Gasteiger partial charge in [0, 0.05) is 0 Å².